The van der Waals surface area contributed by atoms with Crippen LogP contribution in [-0.2, 0) is 6.42 Å². The SMILES string of the molecule is c1ccc2c(c1)CCCN2c1cc2ccccc2[nH]1. The van der Waals surface area contributed by atoms with Gasteiger partial charge in [-0.15, -0.1) is 0 Å². The van der Waals surface area contributed by atoms with Gasteiger partial charge in [-0.25, -0.2) is 0 Å². The molecule has 19 heavy (non-hydrogen) atoms. The number of fused-ring (bicyclic) bond motifs is 2. The van der Waals surface area contributed by atoms with Crippen LogP contribution in [0.15, 0.2) is 54.6 Å². The van der Waals surface area contributed by atoms with Gasteiger partial charge >= 0.3 is 0 Å². The summed E-state index contributed by atoms with van der Waals surface area (Å²) in [4.78, 5) is 5.93. The third-order valence-corrected chi connectivity index (χ3v) is 3.92. The molecule has 0 saturated heterocycles. The minimum atomic E-state index is 1.09. The van der Waals surface area contributed by atoms with E-state index >= 15 is 0 Å². The first-order valence-corrected chi connectivity index (χ1v) is 6.85. The van der Waals surface area contributed by atoms with Crippen molar-refractivity contribution in [2.75, 3.05) is 11.4 Å². The van der Waals surface area contributed by atoms with Crippen molar-refractivity contribution in [3.63, 3.8) is 0 Å². The number of anilines is 2. The van der Waals surface area contributed by atoms with Gasteiger partial charge in [0.25, 0.3) is 0 Å². The average molecular weight is 248 g/mol. The number of nitrogens with zero attached hydrogens (tertiary/aromatic N) is 1. The van der Waals surface area contributed by atoms with Crippen LogP contribution < -0.4 is 4.90 Å². The van der Waals surface area contributed by atoms with Crippen molar-refractivity contribution in [3.05, 3.63) is 60.2 Å². The summed E-state index contributed by atoms with van der Waals surface area (Å²) in [5, 5.41) is 1.28. The number of H-pyrrole nitrogens is 1. The van der Waals surface area contributed by atoms with E-state index in [0.717, 1.165) is 6.54 Å². The van der Waals surface area contributed by atoms with Crippen molar-refractivity contribution in [1.29, 1.82) is 0 Å². The lowest BCUT2D eigenvalue weighted by atomic mass is 10.0. The average Bonchev–Trinajstić information content (AvgIpc) is 2.90. The predicted molar refractivity (Wildman–Crippen MR) is 80.1 cm³/mol. The van der Waals surface area contributed by atoms with Gasteiger partial charge in [0.2, 0.25) is 0 Å². The third kappa shape index (κ3) is 1.72. The molecule has 1 aliphatic heterocycles. The highest BCUT2D eigenvalue weighted by Gasteiger charge is 2.18. The predicted octanol–water partition coefficient (Wildman–Crippen LogP) is 4.25. The normalized spacial score (nSPS) is 14.6. The second-order valence-corrected chi connectivity index (χ2v) is 5.13. The second-order valence-electron chi connectivity index (χ2n) is 5.13. The fourth-order valence-corrected chi connectivity index (χ4v) is 2.99. The van der Waals surface area contributed by atoms with Crippen molar-refractivity contribution in [2.24, 2.45) is 0 Å². The first kappa shape index (κ1) is 10.7. The molecule has 2 heterocycles. The highest BCUT2D eigenvalue weighted by Crippen LogP contribution is 2.34. The summed E-state index contributed by atoms with van der Waals surface area (Å²) in [5.41, 5.74) is 4.01. The zero-order valence-corrected chi connectivity index (χ0v) is 10.8. The maximum absolute atomic E-state index is 3.53. The highest BCUT2D eigenvalue weighted by molar-refractivity contribution is 5.85. The van der Waals surface area contributed by atoms with Crippen LogP contribution in [0, 0.1) is 0 Å². The number of aryl methyl sites for hydroxylation is 1. The van der Waals surface area contributed by atoms with E-state index in [1.165, 1.54) is 40.8 Å². The summed E-state index contributed by atoms with van der Waals surface area (Å²) in [7, 11) is 0. The summed E-state index contributed by atoms with van der Waals surface area (Å²) < 4.78 is 0. The van der Waals surface area contributed by atoms with Crippen LogP contribution in [0.5, 0.6) is 0 Å². The van der Waals surface area contributed by atoms with Crippen LogP contribution in [0.2, 0.25) is 0 Å². The number of hydrogen-bond donors (Lipinski definition) is 1. The van der Waals surface area contributed by atoms with E-state index in [2.05, 4.69) is 64.5 Å². The lowest BCUT2D eigenvalue weighted by Gasteiger charge is -2.30. The Kier molecular flexibility index (Phi) is 2.34. The summed E-state index contributed by atoms with van der Waals surface area (Å²) in [6.45, 7) is 1.09. The zero-order valence-electron chi connectivity index (χ0n) is 10.8. The molecule has 2 aromatic carbocycles. The first-order valence-electron chi connectivity index (χ1n) is 6.85. The topological polar surface area (TPSA) is 19.0 Å². The standard InChI is InChI=1S/C17H16N2/c1-3-9-15-14(7-1)12-17(18-15)19-11-5-8-13-6-2-4-10-16(13)19/h1-4,6-7,9-10,12,18H,5,8,11H2. The second kappa shape index (κ2) is 4.16. The zero-order chi connectivity index (χ0) is 12.7. The molecule has 2 heteroatoms. The van der Waals surface area contributed by atoms with Gasteiger partial charge in [0.15, 0.2) is 0 Å². The number of para-hydroxylation sites is 2. The number of aromatic nitrogens is 1. The molecule has 2 nitrogen and oxygen atoms in total. The molecule has 4 rings (SSSR count). The van der Waals surface area contributed by atoms with Crippen molar-refractivity contribution < 1.29 is 0 Å². The monoisotopic (exact) mass is 248 g/mol. The van der Waals surface area contributed by atoms with Gasteiger partial charge < -0.3 is 9.88 Å². The number of nitrogens with one attached hydrogen (secondary N) is 1. The molecule has 0 fully saturated rings. The van der Waals surface area contributed by atoms with Crippen molar-refractivity contribution in [2.45, 2.75) is 12.8 Å². The minimum absolute atomic E-state index is 1.09. The van der Waals surface area contributed by atoms with Crippen LogP contribution >= 0.6 is 0 Å². The van der Waals surface area contributed by atoms with E-state index in [1.807, 2.05) is 0 Å². The molecule has 0 aliphatic carbocycles. The Labute approximate surface area is 112 Å². The van der Waals surface area contributed by atoms with Crippen molar-refractivity contribution in [3.8, 4) is 0 Å². The van der Waals surface area contributed by atoms with Crippen LogP contribution in [0.1, 0.15) is 12.0 Å². The Morgan fingerprint density at radius 3 is 2.74 bits per heavy atom. The highest BCUT2D eigenvalue weighted by atomic mass is 15.2. The van der Waals surface area contributed by atoms with Gasteiger partial charge in [-0.05, 0) is 36.6 Å². The van der Waals surface area contributed by atoms with E-state index in [0.29, 0.717) is 0 Å². The molecule has 0 radical (unpaired) electrons. The Balaban J connectivity index is 1.85. The van der Waals surface area contributed by atoms with Crippen molar-refractivity contribution >= 4 is 22.4 Å². The van der Waals surface area contributed by atoms with Gasteiger partial charge in [-0.1, -0.05) is 36.4 Å². The van der Waals surface area contributed by atoms with E-state index < -0.39 is 0 Å². The molecule has 1 N–H and O–H groups in total. The first-order chi connectivity index (χ1) is 9.42. The van der Waals surface area contributed by atoms with E-state index in [1.54, 1.807) is 0 Å². The van der Waals surface area contributed by atoms with Gasteiger partial charge in [0, 0.05) is 23.1 Å². The molecule has 0 atom stereocenters. The smallest absolute Gasteiger partial charge is 0.111 e. The fourth-order valence-electron chi connectivity index (χ4n) is 2.99. The third-order valence-electron chi connectivity index (χ3n) is 3.92. The molecule has 0 spiro atoms. The van der Waals surface area contributed by atoms with Crippen LogP contribution in [0.3, 0.4) is 0 Å². The molecule has 1 aliphatic rings. The lowest BCUT2D eigenvalue weighted by molar-refractivity contribution is 0.762. The van der Waals surface area contributed by atoms with Crippen molar-refractivity contribution in [1.82, 2.24) is 4.98 Å². The maximum Gasteiger partial charge on any atom is 0.111 e. The molecule has 0 amide bonds. The van der Waals surface area contributed by atoms with Gasteiger partial charge in [-0.3, -0.25) is 0 Å². The fraction of sp³-hybridized carbons (Fsp3) is 0.176. The van der Waals surface area contributed by atoms with E-state index in [4.69, 9.17) is 0 Å². The number of aromatic amines is 1. The largest absolute Gasteiger partial charge is 0.341 e. The molecule has 1 aromatic heterocycles. The maximum atomic E-state index is 3.53. The molecular weight excluding hydrogens is 232 g/mol. The van der Waals surface area contributed by atoms with E-state index in [-0.39, 0.29) is 0 Å². The van der Waals surface area contributed by atoms with Crippen LogP contribution in [0.25, 0.3) is 10.9 Å². The van der Waals surface area contributed by atoms with E-state index in [9.17, 15) is 0 Å². The van der Waals surface area contributed by atoms with Gasteiger partial charge in [-0.2, -0.15) is 0 Å². The number of rotatable bonds is 1. The molecular formula is C17H16N2. The van der Waals surface area contributed by atoms with Crippen LogP contribution in [-0.4, -0.2) is 11.5 Å². The summed E-state index contributed by atoms with van der Waals surface area (Å²) >= 11 is 0. The van der Waals surface area contributed by atoms with Crippen LogP contribution in [0.4, 0.5) is 11.5 Å². The van der Waals surface area contributed by atoms with Gasteiger partial charge in [0.05, 0.1) is 0 Å². The summed E-state index contributed by atoms with van der Waals surface area (Å²) in [5.74, 6) is 1.20. The summed E-state index contributed by atoms with van der Waals surface area (Å²) in [6, 6.07) is 19.4. The number of hydrogen-bond acceptors (Lipinski definition) is 1. The lowest BCUT2D eigenvalue weighted by Crippen LogP contribution is -2.24. The number of benzene rings is 2. The Morgan fingerprint density at radius 1 is 0.947 bits per heavy atom. The molecule has 0 bridgehead atoms. The molecule has 0 unspecified atom stereocenters. The Bertz CT molecular complexity index is 694. The Morgan fingerprint density at radius 2 is 1.79 bits per heavy atom. The molecule has 0 saturated carbocycles. The molecule has 94 valence electrons. The summed E-state index contributed by atoms with van der Waals surface area (Å²) in [6.07, 6.45) is 2.40. The van der Waals surface area contributed by atoms with Gasteiger partial charge in [0.1, 0.15) is 5.82 Å². The molecule has 3 aromatic rings. The quantitative estimate of drug-likeness (QED) is 0.682. The Hall–Kier alpha value is -2.22. The minimum Gasteiger partial charge on any atom is -0.341 e.